The second kappa shape index (κ2) is 4.27. The third-order valence-corrected chi connectivity index (χ3v) is 2.40. The van der Waals surface area contributed by atoms with Crippen molar-refractivity contribution >= 4 is 6.21 Å². The van der Waals surface area contributed by atoms with Gasteiger partial charge in [0.1, 0.15) is 0 Å². The quantitative estimate of drug-likeness (QED) is 0.625. The summed E-state index contributed by atoms with van der Waals surface area (Å²) in [4.78, 5) is 6.58. The third-order valence-electron chi connectivity index (χ3n) is 2.40. The van der Waals surface area contributed by atoms with Crippen molar-refractivity contribution in [3.8, 4) is 0 Å². The van der Waals surface area contributed by atoms with Gasteiger partial charge in [-0.2, -0.15) is 0 Å². The molecule has 1 aliphatic rings. The largest absolute Gasteiger partial charge is 0.363 e. The topological polar surface area (TPSA) is 15.6 Å². The zero-order chi connectivity index (χ0) is 10.7. The van der Waals surface area contributed by atoms with Crippen LogP contribution >= 0.6 is 0 Å². The van der Waals surface area contributed by atoms with Gasteiger partial charge in [0, 0.05) is 23.5 Å². The molecule has 14 heavy (non-hydrogen) atoms. The smallest absolute Gasteiger partial charge is 0.0685 e. The molecule has 0 aromatic rings. The van der Waals surface area contributed by atoms with E-state index in [1.807, 2.05) is 19.2 Å². The van der Waals surface area contributed by atoms with Crippen LogP contribution in [0.2, 0.25) is 0 Å². The van der Waals surface area contributed by atoms with Crippen LogP contribution in [0, 0.1) is 0 Å². The van der Waals surface area contributed by atoms with Crippen LogP contribution in [-0.4, -0.2) is 23.7 Å². The second-order valence-electron chi connectivity index (χ2n) is 3.62. The lowest BCUT2D eigenvalue weighted by molar-refractivity contribution is 0.330. The molecule has 0 saturated heterocycles. The molecule has 0 N–H and O–H groups in total. The normalized spacial score (nSPS) is 17.7. The lowest BCUT2D eigenvalue weighted by Gasteiger charge is -2.24. The Morgan fingerprint density at radius 3 is 2.57 bits per heavy atom. The predicted molar refractivity (Wildman–Crippen MR) is 62.4 cm³/mol. The van der Waals surface area contributed by atoms with Gasteiger partial charge in [0.05, 0.1) is 12.2 Å². The number of allylic oxidation sites excluding steroid dienone is 1. The summed E-state index contributed by atoms with van der Waals surface area (Å²) in [5.74, 6) is 0. The first-order valence-electron chi connectivity index (χ1n) is 4.92. The van der Waals surface area contributed by atoms with Gasteiger partial charge in [-0.3, -0.25) is 4.99 Å². The molecule has 1 rings (SSSR count). The summed E-state index contributed by atoms with van der Waals surface area (Å²) in [6, 6.07) is 0.460. The fourth-order valence-corrected chi connectivity index (χ4v) is 1.66. The lowest BCUT2D eigenvalue weighted by Crippen LogP contribution is -2.27. The van der Waals surface area contributed by atoms with Crippen LogP contribution in [-0.2, 0) is 0 Å². The zero-order valence-electron chi connectivity index (χ0n) is 9.25. The molecule has 0 spiro atoms. The number of aliphatic imine (C=N–C) groups is 1. The molecule has 76 valence electrons. The number of nitrogens with zero attached hydrogens (tertiary/aromatic N) is 2. The summed E-state index contributed by atoms with van der Waals surface area (Å²) >= 11 is 0. The van der Waals surface area contributed by atoms with E-state index in [0.717, 1.165) is 23.5 Å². The number of hydrogen-bond donors (Lipinski definition) is 0. The molecule has 2 nitrogen and oxygen atoms in total. The van der Waals surface area contributed by atoms with Crippen molar-refractivity contribution in [1.82, 2.24) is 4.90 Å². The zero-order valence-corrected chi connectivity index (χ0v) is 9.25. The molecule has 0 radical (unpaired) electrons. The molecule has 0 unspecified atom stereocenters. The predicted octanol–water partition coefficient (Wildman–Crippen LogP) is 2.75. The van der Waals surface area contributed by atoms with E-state index in [1.54, 1.807) is 0 Å². The standard InChI is InChI=1S/C12H18N2/c1-6-11-10(5)14(9(3)4)8-12(11)13-7-2/h6-7,9H,1,5,8H2,2-4H3/b13-7-. The minimum absolute atomic E-state index is 0.460. The molecule has 1 heterocycles. The SMILES string of the molecule is C=CC1=C(/N=C\C)CN(C(C)C)C1=C. The number of hydrogen-bond acceptors (Lipinski definition) is 2. The molecule has 0 aromatic carbocycles. The fourth-order valence-electron chi connectivity index (χ4n) is 1.66. The first kappa shape index (κ1) is 10.8. The highest BCUT2D eigenvalue weighted by atomic mass is 15.2. The Morgan fingerprint density at radius 1 is 1.50 bits per heavy atom. The average Bonchev–Trinajstić information content (AvgIpc) is 2.43. The van der Waals surface area contributed by atoms with Crippen LogP contribution in [0.3, 0.4) is 0 Å². The number of rotatable bonds is 3. The molecular weight excluding hydrogens is 172 g/mol. The maximum atomic E-state index is 4.34. The maximum absolute atomic E-state index is 4.34. The minimum Gasteiger partial charge on any atom is -0.363 e. The lowest BCUT2D eigenvalue weighted by atomic mass is 10.2. The van der Waals surface area contributed by atoms with Gasteiger partial charge in [-0.15, -0.1) is 0 Å². The highest BCUT2D eigenvalue weighted by molar-refractivity contribution is 5.58. The molecule has 0 saturated carbocycles. The molecule has 0 aromatic heterocycles. The van der Waals surface area contributed by atoms with E-state index in [9.17, 15) is 0 Å². The maximum Gasteiger partial charge on any atom is 0.0685 e. The van der Waals surface area contributed by atoms with Crippen LogP contribution in [0.4, 0.5) is 0 Å². The van der Waals surface area contributed by atoms with Gasteiger partial charge in [-0.05, 0) is 20.8 Å². The van der Waals surface area contributed by atoms with Gasteiger partial charge in [-0.1, -0.05) is 19.2 Å². The van der Waals surface area contributed by atoms with E-state index >= 15 is 0 Å². The van der Waals surface area contributed by atoms with Crippen LogP contribution in [0.5, 0.6) is 0 Å². The summed E-state index contributed by atoms with van der Waals surface area (Å²) in [5, 5.41) is 0. The van der Waals surface area contributed by atoms with Crippen molar-refractivity contribution in [2.24, 2.45) is 4.99 Å². The van der Waals surface area contributed by atoms with E-state index in [2.05, 4.69) is 36.9 Å². The van der Waals surface area contributed by atoms with Crippen molar-refractivity contribution in [3.63, 3.8) is 0 Å². The Bertz CT molecular complexity index is 308. The Kier molecular flexibility index (Phi) is 3.28. The first-order chi connectivity index (χ1) is 6.61. The molecule has 0 aliphatic carbocycles. The minimum atomic E-state index is 0.460. The summed E-state index contributed by atoms with van der Waals surface area (Å²) in [5.41, 5.74) is 3.19. The van der Waals surface area contributed by atoms with E-state index in [4.69, 9.17) is 0 Å². The van der Waals surface area contributed by atoms with Crippen LogP contribution in [0.15, 0.2) is 41.2 Å². The van der Waals surface area contributed by atoms with Crippen LogP contribution in [0.25, 0.3) is 0 Å². The molecule has 2 heteroatoms. The summed E-state index contributed by atoms with van der Waals surface area (Å²) in [7, 11) is 0. The summed E-state index contributed by atoms with van der Waals surface area (Å²) in [6.07, 6.45) is 3.66. The second-order valence-corrected chi connectivity index (χ2v) is 3.62. The molecule has 0 fully saturated rings. The Hall–Kier alpha value is -1.31. The van der Waals surface area contributed by atoms with Gasteiger partial charge in [-0.25, -0.2) is 0 Å². The van der Waals surface area contributed by atoms with Gasteiger partial charge < -0.3 is 4.90 Å². The first-order valence-corrected chi connectivity index (χ1v) is 4.92. The van der Waals surface area contributed by atoms with E-state index in [0.29, 0.717) is 6.04 Å². The summed E-state index contributed by atoms with van der Waals surface area (Å²) < 4.78 is 0. The van der Waals surface area contributed by atoms with Gasteiger partial charge in [0.25, 0.3) is 0 Å². The van der Waals surface area contributed by atoms with E-state index in [1.165, 1.54) is 0 Å². The molecular formula is C12H18N2. The fraction of sp³-hybridized carbons (Fsp3) is 0.417. The average molecular weight is 190 g/mol. The van der Waals surface area contributed by atoms with Crippen molar-refractivity contribution in [2.45, 2.75) is 26.8 Å². The highest BCUT2D eigenvalue weighted by Gasteiger charge is 2.24. The Balaban J connectivity index is 2.98. The van der Waals surface area contributed by atoms with Gasteiger partial charge in [0.15, 0.2) is 0 Å². The van der Waals surface area contributed by atoms with Crippen molar-refractivity contribution in [3.05, 3.63) is 36.2 Å². The van der Waals surface area contributed by atoms with Crippen molar-refractivity contribution in [1.29, 1.82) is 0 Å². The highest BCUT2D eigenvalue weighted by Crippen LogP contribution is 2.29. The monoisotopic (exact) mass is 190 g/mol. The molecule has 0 amide bonds. The van der Waals surface area contributed by atoms with Gasteiger partial charge >= 0.3 is 0 Å². The Labute approximate surface area is 86.3 Å². The van der Waals surface area contributed by atoms with E-state index < -0.39 is 0 Å². The molecule has 1 aliphatic heterocycles. The van der Waals surface area contributed by atoms with Crippen LogP contribution in [0.1, 0.15) is 20.8 Å². The summed E-state index contributed by atoms with van der Waals surface area (Å²) in [6.45, 7) is 15.0. The van der Waals surface area contributed by atoms with Crippen molar-refractivity contribution in [2.75, 3.05) is 6.54 Å². The van der Waals surface area contributed by atoms with Crippen molar-refractivity contribution < 1.29 is 0 Å². The molecule has 0 atom stereocenters. The van der Waals surface area contributed by atoms with Gasteiger partial charge in [0.2, 0.25) is 0 Å². The Morgan fingerprint density at radius 2 is 2.14 bits per heavy atom. The third kappa shape index (κ3) is 1.79. The van der Waals surface area contributed by atoms with E-state index in [-0.39, 0.29) is 0 Å². The van der Waals surface area contributed by atoms with Crippen LogP contribution < -0.4 is 0 Å². The molecule has 0 bridgehead atoms.